The Morgan fingerprint density at radius 1 is 1.16 bits per heavy atom. The van der Waals surface area contributed by atoms with Crippen molar-refractivity contribution in [3.8, 4) is 22.9 Å². The predicted molar refractivity (Wildman–Crippen MR) is 129 cm³/mol. The zero-order chi connectivity index (χ0) is 23.1. The van der Waals surface area contributed by atoms with Gasteiger partial charge in [0.05, 0.1) is 25.7 Å². The van der Waals surface area contributed by atoms with Crippen LogP contribution in [0, 0.1) is 0 Å². The fraction of sp³-hybridized carbons (Fsp3) is 0.292. The van der Waals surface area contributed by atoms with Crippen LogP contribution in [-0.4, -0.2) is 40.6 Å². The van der Waals surface area contributed by atoms with Crippen LogP contribution in [0.25, 0.3) is 11.4 Å². The lowest BCUT2D eigenvalue weighted by molar-refractivity contribution is -0.113. The van der Waals surface area contributed by atoms with E-state index in [4.69, 9.17) is 9.47 Å². The Labute approximate surface area is 192 Å². The van der Waals surface area contributed by atoms with Crippen molar-refractivity contribution in [3.63, 3.8) is 0 Å². The number of hydrogen-bond donors (Lipinski definition) is 1. The van der Waals surface area contributed by atoms with Crippen LogP contribution < -0.4 is 14.8 Å². The third-order valence-electron chi connectivity index (χ3n) is 4.88. The Balaban J connectivity index is 1.74. The summed E-state index contributed by atoms with van der Waals surface area (Å²) in [6.07, 6.45) is 1.79. The number of amides is 1. The molecular formula is C24H28N4O3S. The Hall–Kier alpha value is -3.26. The van der Waals surface area contributed by atoms with Crippen LogP contribution in [-0.2, 0) is 11.3 Å². The molecule has 0 radical (unpaired) electrons. The zero-order valence-corrected chi connectivity index (χ0v) is 19.6. The van der Waals surface area contributed by atoms with Gasteiger partial charge in [-0.05, 0) is 23.6 Å². The van der Waals surface area contributed by atoms with Crippen LogP contribution >= 0.6 is 11.8 Å². The van der Waals surface area contributed by atoms with Crippen molar-refractivity contribution in [1.29, 1.82) is 0 Å². The summed E-state index contributed by atoms with van der Waals surface area (Å²) in [6.45, 7) is 8.71. The number of carbonyl (C=O) groups excluding carboxylic acids is 1. The van der Waals surface area contributed by atoms with Crippen LogP contribution in [0.15, 0.2) is 60.3 Å². The Kier molecular flexibility index (Phi) is 7.94. The molecule has 2 aromatic carbocycles. The van der Waals surface area contributed by atoms with Gasteiger partial charge in [-0.1, -0.05) is 56.0 Å². The summed E-state index contributed by atoms with van der Waals surface area (Å²) in [5, 5.41) is 12.2. The van der Waals surface area contributed by atoms with Crippen molar-refractivity contribution in [2.24, 2.45) is 0 Å². The van der Waals surface area contributed by atoms with Gasteiger partial charge in [-0.3, -0.25) is 9.36 Å². The summed E-state index contributed by atoms with van der Waals surface area (Å²) in [6, 6.07) is 13.6. The molecular weight excluding hydrogens is 424 g/mol. The highest BCUT2D eigenvalue weighted by molar-refractivity contribution is 7.99. The molecule has 3 aromatic rings. The molecule has 0 fully saturated rings. The summed E-state index contributed by atoms with van der Waals surface area (Å²) in [5.41, 5.74) is 2.79. The third-order valence-corrected chi connectivity index (χ3v) is 5.84. The van der Waals surface area contributed by atoms with E-state index < -0.39 is 0 Å². The first-order valence-corrected chi connectivity index (χ1v) is 11.2. The second-order valence-corrected chi connectivity index (χ2v) is 8.33. The van der Waals surface area contributed by atoms with E-state index >= 15 is 0 Å². The van der Waals surface area contributed by atoms with E-state index in [1.807, 2.05) is 4.57 Å². The number of carbonyl (C=O) groups is 1. The number of thioether (sulfide) groups is 1. The summed E-state index contributed by atoms with van der Waals surface area (Å²) in [4.78, 5) is 12.6. The number of nitrogens with zero attached hydrogens (tertiary/aromatic N) is 3. The average molecular weight is 453 g/mol. The van der Waals surface area contributed by atoms with Gasteiger partial charge in [0.25, 0.3) is 0 Å². The first kappa shape index (κ1) is 23.4. The van der Waals surface area contributed by atoms with E-state index in [9.17, 15) is 4.79 Å². The van der Waals surface area contributed by atoms with E-state index in [1.165, 1.54) is 17.3 Å². The van der Waals surface area contributed by atoms with E-state index in [-0.39, 0.29) is 11.7 Å². The lowest BCUT2D eigenvalue weighted by Crippen LogP contribution is -2.15. The van der Waals surface area contributed by atoms with Gasteiger partial charge in [0.2, 0.25) is 5.91 Å². The number of nitrogens with one attached hydrogen (secondary N) is 1. The molecule has 0 saturated heterocycles. The number of aromatic nitrogens is 3. The van der Waals surface area contributed by atoms with Crippen LogP contribution in [0.5, 0.6) is 11.5 Å². The van der Waals surface area contributed by atoms with Crippen molar-refractivity contribution in [2.75, 3.05) is 25.3 Å². The summed E-state index contributed by atoms with van der Waals surface area (Å²) >= 11 is 1.32. The number of anilines is 1. The van der Waals surface area contributed by atoms with Gasteiger partial charge < -0.3 is 14.8 Å². The fourth-order valence-corrected chi connectivity index (χ4v) is 3.90. The standard InChI is InChI=1S/C24H28N4O3S/c1-6-13-28-23(18-9-7-17(8-10-18)16(2)3)26-27-24(28)32-15-22(29)25-20-14-19(30-4)11-12-21(20)31-5/h6-12,14,16H,1,13,15H2,2-5H3,(H,25,29). The van der Waals surface area contributed by atoms with Crippen LogP contribution in [0.4, 0.5) is 5.69 Å². The van der Waals surface area contributed by atoms with Crippen LogP contribution in [0.2, 0.25) is 0 Å². The molecule has 0 bridgehead atoms. The molecule has 168 valence electrons. The van der Waals surface area contributed by atoms with Gasteiger partial charge in [0.1, 0.15) is 11.5 Å². The molecule has 0 spiro atoms. The molecule has 0 aliphatic carbocycles. The number of ether oxygens (including phenoxy) is 2. The maximum absolute atomic E-state index is 12.6. The smallest absolute Gasteiger partial charge is 0.234 e. The maximum Gasteiger partial charge on any atom is 0.234 e. The number of rotatable bonds is 10. The highest BCUT2D eigenvalue weighted by Gasteiger charge is 2.16. The SMILES string of the molecule is C=CCn1c(SCC(=O)Nc2cc(OC)ccc2OC)nnc1-c1ccc(C(C)C)cc1. The first-order valence-electron chi connectivity index (χ1n) is 10.3. The minimum Gasteiger partial charge on any atom is -0.497 e. The topological polar surface area (TPSA) is 78.3 Å². The number of methoxy groups -OCH3 is 2. The lowest BCUT2D eigenvalue weighted by Gasteiger charge is -2.12. The predicted octanol–water partition coefficient (Wildman–Crippen LogP) is 5.00. The van der Waals surface area contributed by atoms with Crippen molar-refractivity contribution in [2.45, 2.75) is 31.5 Å². The van der Waals surface area contributed by atoms with Crippen LogP contribution in [0.3, 0.4) is 0 Å². The molecule has 7 nitrogen and oxygen atoms in total. The van der Waals surface area contributed by atoms with Gasteiger partial charge in [0, 0.05) is 18.2 Å². The molecule has 0 unspecified atom stereocenters. The summed E-state index contributed by atoms with van der Waals surface area (Å²) in [7, 11) is 3.13. The molecule has 3 rings (SSSR count). The molecule has 32 heavy (non-hydrogen) atoms. The van der Waals surface area contributed by atoms with Crippen molar-refractivity contribution in [1.82, 2.24) is 14.8 Å². The van der Waals surface area contributed by atoms with Crippen molar-refractivity contribution < 1.29 is 14.3 Å². The number of allylic oxidation sites excluding steroid dienone is 1. The normalized spacial score (nSPS) is 10.8. The van der Waals surface area contributed by atoms with E-state index in [0.29, 0.717) is 34.8 Å². The molecule has 0 atom stereocenters. The van der Waals surface area contributed by atoms with Crippen molar-refractivity contribution in [3.05, 3.63) is 60.7 Å². The van der Waals surface area contributed by atoms with Gasteiger partial charge in [0.15, 0.2) is 11.0 Å². The minimum atomic E-state index is -0.183. The number of hydrogen-bond acceptors (Lipinski definition) is 6. The second kappa shape index (κ2) is 10.9. The summed E-state index contributed by atoms with van der Waals surface area (Å²) < 4.78 is 12.5. The number of benzene rings is 2. The van der Waals surface area contributed by atoms with Gasteiger partial charge >= 0.3 is 0 Å². The first-order chi connectivity index (χ1) is 15.5. The van der Waals surface area contributed by atoms with Gasteiger partial charge in [-0.2, -0.15) is 0 Å². The monoisotopic (exact) mass is 452 g/mol. The Morgan fingerprint density at radius 2 is 1.91 bits per heavy atom. The molecule has 1 aromatic heterocycles. The molecule has 0 aliphatic rings. The zero-order valence-electron chi connectivity index (χ0n) is 18.8. The molecule has 1 heterocycles. The van der Waals surface area contributed by atoms with E-state index in [0.717, 1.165) is 11.4 Å². The Morgan fingerprint density at radius 3 is 2.53 bits per heavy atom. The largest absolute Gasteiger partial charge is 0.497 e. The molecule has 0 aliphatic heterocycles. The van der Waals surface area contributed by atoms with E-state index in [1.54, 1.807) is 38.5 Å². The molecule has 1 amide bonds. The molecule has 1 N–H and O–H groups in total. The third kappa shape index (κ3) is 5.50. The van der Waals surface area contributed by atoms with Crippen LogP contribution in [0.1, 0.15) is 25.3 Å². The minimum absolute atomic E-state index is 0.169. The Bertz CT molecular complexity index is 1080. The van der Waals surface area contributed by atoms with Gasteiger partial charge in [-0.25, -0.2) is 0 Å². The van der Waals surface area contributed by atoms with E-state index in [2.05, 4.69) is 60.2 Å². The fourth-order valence-electron chi connectivity index (χ4n) is 3.15. The second-order valence-electron chi connectivity index (χ2n) is 7.39. The maximum atomic E-state index is 12.6. The molecule has 8 heteroatoms. The van der Waals surface area contributed by atoms with Gasteiger partial charge in [-0.15, -0.1) is 16.8 Å². The lowest BCUT2D eigenvalue weighted by atomic mass is 10.0. The highest BCUT2D eigenvalue weighted by Crippen LogP contribution is 2.30. The highest BCUT2D eigenvalue weighted by atomic mass is 32.2. The average Bonchev–Trinajstić information content (AvgIpc) is 3.20. The quantitative estimate of drug-likeness (QED) is 0.344. The molecule has 0 saturated carbocycles. The van der Waals surface area contributed by atoms with Crippen molar-refractivity contribution >= 4 is 23.4 Å². The summed E-state index contributed by atoms with van der Waals surface area (Å²) in [5.74, 6) is 2.39.